The zero-order chi connectivity index (χ0) is 16.4. The molecule has 0 bridgehead atoms. The largest absolute Gasteiger partial charge is 0.508 e. The Morgan fingerprint density at radius 3 is 2.57 bits per heavy atom. The van der Waals surface area contributed by atoms with Gasteiger partial charge in [0.15, 0.2) is 0 Å². The molecule has 1 fully saturated rings. The van der Waals surface area contributed by atoms with Crippen LogP contribution in [0.3, 0.4) is 0 Å². The molecule has 4 nitrogen and oxygen atoms in total. The summed E-state index contributed by atoms with van der Waals surface area (Å²) >= 11 is 6.73. The molecule has 23 heavy (non-hydrogen) atoms. The van der Waals surface area contributed by atoms with Crippen molar-refractivity contribution >= 4 is 40.6 Å². The molecule has 1 aliphatic rings. The molecule has 1 heterocycles. The van der Waals surface area contributed by atoms with Gasteiger partial charge in [0, 0.05) is 5.02 Å². The average molecular weight is 346 g/mol. The van der Waals surface area contributed by atoms with Crippen LogP contribution in [-0.4, -0.2) is 21.2 Å². The molecule has 0 aromatic heterocycles. The van der Waals surface area contributed by atoms with Crippen LogP contribution in [0.4, 0.5) is 4.79 Å². The van der Waals surface area contributed by atoms with Gasteiger partial charge in [-0.05, 0) is 53.2 Å². The second-order valence-corrected chi connectivity index (χ2v) is 6.42. The van der Waals surface area contributed by atoms with Crippen molar-refractivity contribution in [3.8, 4) is 5.75 Å². The van der Waals surface area contributed by atoms with Crippen molar-refractivity contribution in [3.63, 3.8) is 0 Å². The molecule has 2 aromatic carbocycles. The SMILES string of the molecule is O=C1S/C(=C\c2cccc(O)c2)C(=O)N1Cc1ccc(Cl)cc1. The van der Waals surface area contributed by atoms with Gasteiger partial charge in [0.1, 0.15) is 5.75 Å². The molecule has 1 N–H and O–H groups in total. The second-order valence-electron chi connectivity index (χ2n) is 4.99. The van der Waals surface area contributed by atoms with Crippen molar-refractivity contribution < 1.29 is 14.7 Å². The Labute approximate surface area is 142 Å². The lowest BCUT2D eigenvalue weighted by molar-refractivity contribution is -0.123. The van der Waals surface area contributed by atoms with Gasteiger partial charge in [-0.3, -0.25) is 14.5 Å². The van der Waals surface area contributed by atoms with Crippen LogP contribution in [0.25, 0.3) is 6.08 Å². The number of imide groups is 1. The fraction of sp³-hybridized carbons (Fsp3) is 0.0588. The third kappa shape index (κ3) is 3.57. The number of aromatic hydroxyl groups is 1. The first-order valence-corrected chi connectivity index (χ1v) is 8.01. The van der Waals surface area contributed by atoms with E-state index in [4.69, 9.17) is 11.6 Å². The third-order valence-corrected chi connectivity index (χ3v) is 4.45. The summed E-state index contributed by atoms with van der Waals surface area (Å²) in [6.45, 7) is 0.208. The Morgan fingerprint density at radius 1 is 1.13 bits per heavy atom. The summed E-state index contributed by atoms with van der Waals surface area (Å²) in [6, 6.07) is 13.5. The number of benzene rings is 2. The van der Waals surface area contributed by atoms with Gasteiger partial charge in [0.2, 0.25) is 0 Å². The van der Waals surface area contributed by atoms with Gasteiger partial charge >= 0.3 is 0 Å². The molecule has 0 saturated carbocycles. The number of carbonyl (C=O) groups excluding carboxylic acids is 2. The van der Waals surface area contributed by atoms with Gasteiger partial charge in [-0.25, -0.2) is 0 Å². The first kappa shape index (κ1) is 15.6. The molecule has 1 saturated heterocycles. The molecule has 0 atom stereocenters. The number of nitrogens with zero attached hydrogens (tertiary/aromatic N) is 1. The van der Waals surface area contributed by atoms with E-state index < -0.39 is 0 Å². The predicted molar refractivity (Wildman–Crippen MR) is 91.1 cm³/mol. The number of rotatable bonds is 3. The topological polar surface area (TPSA) is 57.6 Å². The van der Waals surface area contributed by atoms with Crippen LogP contribution in [0, 0.1) is 0 Å². The van der Waals surface area contributed by atoms with E-state index in [1.54, 1.807) is 48.5 Å². The van der Waals surface area contributed by atoms with Crippen LogP contribution in [0.15, 0.2) is 53.4 Å². The quantitative estimate of drug-likeness (QED) is 0.843. The summed E-state index contributed by atoms with van der Waals surface area (Å²) in [5.41, 5.74) is 1.50. The number of hydrogen-bond donors (Lipinski definition) is 1. The van der Waals surface area contributed by atoms with Crippen LogP contribution in [-0.2, 0) is 11.3 Å². The molecule has 3 rings (SSSR count). The monoisotopic (exact) mass is 345 g/mol. The number of thioether (sulfide) groups is 1. The molecular formula is C17H12ClNO3S. The van der Waals surface area contributed by atoms with E-state index >= 15 is 0 Å². The van der Waals surface area contributed by atoms with Crippen molar-refractivity contribution in [1.29, 1.82) is 0 Å². The smallest absolute Gasteiger partial charge is 0.293 e. The van der Waals surface area contributed by atoms with E-state index in [9.17, 15) is 14.7 Å². The number of phenols is 1. The summed E-state index contributed by atoms with van der Waals surface area (Å²) in [5, 5.41) is 9.76. The van der Waals surface area contributed by atoms with Crippen molar-refractivity contribution in [2.24, 2.45) is 0 Å². The molecule has 1 aliphatic heterocycles. The van der Waals surface area contributed by atoms with E-state index in [1.807, 2.05) is 0 Å². The summed E-state index contributed by atoms with van der Waals surface area (Å²) in [4.78, 5) is 26.0. The maximum atomic E-state index is 12.4. The van der Waals surface area contributed by atoms with Crippen molar-refractivity contribution in [2.45, 2.75) is 6.54 Å². The van der Waals surface area contributed by atoms with Gasteiger partial charge in [0.25, 0.3) is 11.1 Å². The molecule has 6 heteroatoms. The third-order valence-electron chi connectivity index (χ3n) is 3.30. The van der Waals surface area contributed by atoms with Gasteiger partial charge in [-0.1, -0.05) is 35.9 Å². The maximum absolute atomic E-state index is 12.4. The van der Waals surface area contributed by atoms with Crippen LogP contribution in [0.2, 0.25) is 5.02 Å². The number of amides is 2. The van der Waals surface area contributed by atoms with Gasteiger partial charge in [-0.15, -0.1) is 0 Å². The van der Waals surface area contributed by atoms with Crippen LogP contribution >= 0.6 is 23.4 Å². The fourth-order valence-corrected chi connectivity index (χ4v) is 3.14. The van der Waals surface area contributed by atoms with E-state index in [1.165, 1.54) is 11.0 Å². The zero-order valence-electron chi connectivity index (χ0n) is 11.9. The number of carbonyl (C=O) groups is 2. The normalized spacial score (nSPS) is 16.4. The maximum Gasteiger partial charge on any atom is 0.293 e. The van der Waals surface area contributed by atoms with E-state index in [2.05, 4.69) is 0 Å². The van der Waals surface area contributed by atoms with E-state index in [0.717, 1.165) is 17.3 Å². The first-order valence-electron chi connectivity index (χ1n) is 6.82. The van der Waals surface area contributed by atoms with Gasteiger partial charge < -0.3 is 5.11 Å². The highest BCUT2D eigenvalue weighted by atomic mass is 35.5. The lowest BCUT2D eigenvalue weighted by Crippen LogP contribution is -2.27. The molecule has 0 unspecified atom stereocenters. The van der Waals surface area contributed by atoms with Crippen LogP contribution in [0.1, 0.15) is 11.1 Å². The van der Waals surface area contributed by atoms with Crippen LogP contribution in [0.5, 0.6) is 5.75 Å². The highest BCUT2D eigenvalue weighted by Gasteiger charge is 2.34. The minimum absolute atomic E-state index is 0.110. The predicted octanol–water partition coefficient (Wildman–Crippen LogP) is 4.28. The second kappa shape index (κ2) is 6.48. The molecule has 2 amide bonds. The Hall–Kier alpha value is -2.24. The summed E-state index contributed by atoms with van der Waals surface area (Å²) in [5.74, 6) is -0.225. The molecule has 2 aromatic rings. The Balaban J connectivity index is 1.81. The average Bonchev–Trinajstić information content (AvgIpc) is 2.77. The standard InChI is InChI=1S/C17H12ClNO3S/c18-13-6-4-11(5-7-13)10-19-16(21)15(23-17(19)22)9-12-2-1-3-14(20)8-12/h1-9,20H,10H2/b15-9-. The summed E-state index contributed by atoms with van der Waals surface area (Å²) in [6.07, 6.45) is 1.60. The van der Waals surface area contributed by atoms with Crippen LogP contribution < -0.4 is 0 Å². The van der Waals surface area contributed by atoms with Crippen molar-refractivity contribution in [3.05, 3.63) is 69.6 Å². The molecular weight excluding hydrogens is 334 g/mol. The summed E-state index contributed by atoms with van der Waals surface area (Å²) < 4.78 is 0. The van der Waals surface area contributed by atoms with E-state index in [0.29, 0.717) is 15.5 Å². The van der Waals surface area contributed by atoms with Gasteiger partial charge in [0.05, 0.1) is 11.4 Å². The Bertz CT molecular complexity index is 802. The minimum Gasteiger partial charge on any atom is -0.508 e. The highest BCUT2D eigenvalue weighted by Crippen LogP contribution is 2.33. The van der Waals surface area contributed by atoms with Crippen molar-refractivity contribution in [1.82, 2.24) is 4.90 Å². The number of phenolic OH excluding ortho intramolecular Hbond substituents is 1. The lowest BCUT2D eigenvalue weighted by atomic mass is 10.2. The van der Waals surface area contributed by atoms with E-state index in [-0.39, 0.29) is 23.4 Å². The lowest BCUT2D eigenvalue weighted by Gasteiger charge is -2.12. The molecule has 0 spiro atoms. The highest BCUT2D eigenvalue weighted by molar-refractivity contribution is 8.18. The molecule has 0 radical (unpaired) electrons. The Morgan fingerprint density at radius 2 is 1.87 bits per heavy atom. The van der Waals surface area contributed by atoms with Crippen molar-refractivity contribution in [2.75, 3.05) is 0 Å². The molecule has 0 aliphatic carbocycles. The number of hydrogen-bond acceptors (Lipinski definition) is 4. The fourth-order valence-electron chi connectivity index (χ4n) is 2.17. The summed E-state index contributed by atoms with van der Waals surface area (Å²) in [7, 11) is 0. The van der Waals surface area contributed by atoms with Gasteiger partial charge in [-0.2, -0.15) is 0 Å². The minimum atomic E-state index is -0.335. The zero-order valence-corrected chi connectivity index (χ0v) is 13.5. The Kier molecular flexibility index (Phi) is 4.41. The molecule has 116 valence electrons. The first-order chi connectivity index (χ1) is 11.0. The number of halogens is 1.